The zero-order valence-electron chi connectivity index (χ0n) is 46.7. The largest absolute Gasteiger partial charge is 0.489 e. The lowest BCUT2D eigenvalue weighted by Gasteiger charge is -2.36. The van der Waals surface area contributed by atoms with Crippen LogP contribution in [0.5, 0.6) is 5.75 Å². The monoisotopic (exact) mass is 1060 g/mol. The molecule has 1 saturated heterocycles. The average Bonchev–Trinajstić information content (AvgIpc) is 4.12. The molecule has 3 unspecified atom stereocenters. The van der Waals surface area contributed by atoms with Crippen LogP contribution >= 0.6 is 0 Å². The Morgan fingerprint density at radius 1 is 0.705 bits per heavy atom. The maximum absolute atomic E-state index is 14.7. The Bertz CT molecular complexity index is 2790. The first-order chi connectivity index (χ1) is 37.4. The van der Waals surface area contributed by atoms with Crippen LogP contribution in [0.1, 0.15) is 162 Å². The van der Waals surface area contributed by atoms with Crippen LogP contribution in [0.2, 0.25) is 0 Å². The molecule has 2 fully saturated rings. The van der Waals surface area contributed by atoms with Gasteiger partial charge in [-0.2, -0.15) is 0 Å². The standard InChI is InChI=1S/C63H81N7O8/c1-8-39(2)57(72)68-70(61(76)51-23-15-22-50(51)59(74)66-53-24-13-18-43-16-9-11-20-48(43)53)36-41-28-32-47(33-29-41)78-38-42-26-30-45(31-27-42)58(73)65-46-34-55(60(75)67-54-25-14-19-44-17-10-12-21-49(44)54)69(37-46)62(77)52(63(4,5)6)35-56(71)40(3)64-7/h9-12,16-17,20-21,26-33,39-40,46,50-55,64H,8,13-15,18-19,22-25,34-38H2,1-7H3,(H,65,73)(H,66,74)(H,67,75)(H,68,72)/t39-,40+,46+,50+,51?,52-,53?,54-,55?/m1/s1. The molecule has 4 aliphatic rings. The molecule has 0 spiro atoms. The lowest BCUT2D eigenvalue weighted by atomic mass is 9.76. The third-order valence-corrected chi connectivity index (χ3v) is 16.9. The quantitative estimate of drug-likeness (QED) is 0.0573. The second-order valence-corrected chi connectivity index (χ2v) is 23.3. The van der Waals surface area contributed by atoms with Gasteiger partial charge in [0.15, 0.2) is 0 Å². The Kier molecular flexibility index (Phi) is 18.9. The molecular weight excluding hydrogens is 983 g/mol. The smallest absolute Gasteiger partial charge is 0.251 e. The number of carbonyl (C=O) groups excluding carboxylic acids is 7. The Hall–Kier alpha value is -6.87. The Balaban J connectivity index is 0.886. The summed E-state index contributed by atoms with van der Waals surface area (Å²) in [6.45, 7) is 11.8. The molecule has 15 nitrogen and oxygen atoms in total. The summed E-state index contributed by atoms with van der Waals surface area (Å²) in [6.07, 6.45) is 8.23. The summed E-state index contributed by atoms with van der Waals surface area (Å²) in [5, 5.41) is 14.0. The maximum Gasteiger partial charge on any atom is 0.251 e. The summed E-state index contributed by atoms with van der Waals surface area (Å²) in [6, 6.07) is 28.7. The SMILES string of the molecule is CC[C@@H](C)C(=O)NN(Cc1ccc(OCc2ccc(C(=O)N[C@H]3CC(C(=O)N[C@@H]4CCCc5ccccc54)N(C(=O)[C@@H](CC(=O)[C@H](C)NC)C(C)(C)C)C3)cc2)cc1)C(=O)C1CCC[C@@H]1C(=O)NC1CCCc2ccccc21. The summed E-state index contributed by atoms with van der Waals surface area (Å²) in [5.41, 5.74) is 8.99. The second-order valence-electron chi connectivity index (χ2n) is 23.3. The van der Waals surface area contributed by atoms with Gasteiger partial charge < -0.3 is 30.9 Å². The van der Waals surface area contributed by atoms with Crippen LogP contribution in [-0.2, 0) is 54.8 Å². The molecule has 1 aliphatic heterocycles. The van der Waals surface area contributed by atoms with E-state index >= 15 is 0 Å². The summed E-state index contributed by atoms with van der Waals surface area (Å²) in [5.74, 6) is -3.10. The van der Waals surface area contributed by atoms with E-state index in [4.69, 9.17) is 4.74 Å². The van der Waals surface area contributed by atoms with Crippen molar-refractivity contribution >= 4 is 41.2 Å². The number of Topliss-reactive ketones (excluding diaryl/α,β-unsaturated/α-hetero) is 1. The number of carbonyl (C=O) groups is 7. The Morgan fingerprint density at radius 2 is 1.29 bits per heavy atom. The summed E-state index contributed by atoms with van der Waals surface area (Å²) < 4.78 is 6.16. The van der Waals surface area contributed by atoms with Crippen LogP contribution in [-0.4, -0.2) is 82.9 Å². The van der Waals surface area contributed by atoms with Crippen molar-refractivity contribution in [3.8, 4) is 5.75 Å². The minimum atomic E-state index is -0.848. The highest BCUT2D eigenvalue weighted by atomic mass is 16.5. The van der Waals surface area contributed by atoms with Crippen LogP contribution in [0.15, 0.2) is 97.1 Å². The first kappa shape index (κ1) is 57.3. The number of hydrogen-bond acceptors (Lipinski definition) is 9. The molecule has 8 rings (SSSR count). The van der Waals surface area contributed by atoms with E-state index in [0.29, 0.717) is 30.6 Å². The second kappa shape index (κ2) is 25.7. The van der Waals surface area contributed by atoms with E-state index < -0.39 is 41.3 Å². The van der Waals surface area contributed by atoms with Crippen LogP contribution in [0.3, 0.4) is 0 Å². The van der Waals surface area contributed by atoms with Gasteiger partial charge in [0.25, 0.3) is 5.91 Å². The van der Waals surface area contributed by atoms with Crippen molar-refractivity contribution in [3.05, 3.63) is 136 Å². The van der Waals surface area contributed by atoms with E-state index in [0.717, 1.165) is 67.2 Å². The van der Waals surface area contributed by atoms with E-state index in [9.17, 15) is 33.6 Å². The predicted octanol–water partition coefficient (Wildman–Crippen LogP) is 8.40. The molecule has 416 valence electrons. The molecule has 1 heterocycles. The van der Waals surface area contributed by atoms with E-state index in [-0.39, 0.29) is 91.8 Å². The van der Waals surface area contributed by atoms with Crippen molar-refractivity contribution in [2.24, 2.45) is 29.1 Å². The van der Waals surface area contributed by atoms with Crippen molar-refractivity contribution in [1.29, 1.82) is 0 Å². The van der Waals surface area contributed by atoms with Gasteiger partial charge in [0.1, 0.15) is 24.2 Å². The van der Waals surface area contributed by atoms with E-state index in [1.54, 1.807) is 31.0 Å². The normalized spacial score (nSPS) is 21.9. The summed E-state index contributed by atoms with van der Waals surface area (Å²) in [4.78, 5) is 99.3. The number of likely N-dealkylation sites (N-methyl/N-ethyl adjacent to an activating group) is 1. The number of nitrogens with one attached hydrogen (secondary N) is 5. The van der Waals surface area contributed by atoms with Gasteiger partial charge in [0.2, 0.25) is 29.5 Å². The minimum Gasteiger partial charge on any atom is -0.489 e. The van der Waals surface area contributed by atoms with Crippen molar-refractivity contribution in [3.63, 3.8) is 0 Å². The number of rotatable bonds is 19. The van der Waals surface area contributed by atoms with Gasteiger partial charge in [-0.05, 0) is 141 Å². The third kappa shape index (κ3) is 13.9. The minimum absolute atomic E-state index is 0.0191. The molecule has 4 aromatic carbocycles. The van der Waals surface area contributed by atoms with E-state index in [1.165, 1.54) is 16.1 Å². The number of ketones is 1. The highest BCUT2D eigenvalue weighted by Crippen LogP contribution is 2.38. The fourth-order valence-electron chi connectivity index (χ4n) is 11.7. The van der Waals surface area contributed by atoms with Gasteiger partial charge in [-0.15, -0.1) is 0 Å². The van der Waals surface area contributed by atoms with Crippen LogP contribution < -0.4 is 31.4 Å². The molecule has 5 N–H and O–H groups in total. The number of nitrogens with zero attached hydrogens (tertiary/aromatic N) is 2. The van der Waals surface area contributed by atoms with Crippen molar-refractivity contribution in [2.45, 2.75) is 162 Å². The molecule has 6 amide bonds. The van der Waals surface area contributed by atoms with E-state index in [1.807, 2.05) is 101 Å². The summed E-state index contributed by atoms with van der Waals surface area (Å²) >= 11 is 0. The fourth-order valence-corrected chi connectivity index (χ4v) is 11.7. The maximum atomic E-state index is 14.7. The predicted molar refractivity (Wildman–Crippen MR) is 299 cm³/mol. The zero-order valence-corrected chi connectivity index (χ0v) is 46.7. The number of fused-ring (bicyclic) bond motifs is 2. The topological polar surface area (TPSA) is 195 Å². The lowest BCUT2D eigenvalue weighted by Crippen LogP contribution is -2.51. The van der Waals surface area contributed by atoms with Crippen molar-refractivity contribution in [2.75, 3.05) is 13.6 Å². The average molecular weight is 1060 g/mol. The molecule has 78 heavy (non-hydrogen) atoms. The lowest BCUT2D eigenvalue weighted by molar-refractivity contribution is -0.149. The first-order valence-electron chi connectivity index (χ1n) is 28.4. The highest BCUT2D eigenvalue weighted by Gasteiger charge is 2.46. The molecule has 15 heteroatoms. The Morgan fingerprint density at radius 3 is 1.90 bits per heavy atom. The molecule has 0 aromatic heterocycles. The van der Waals surface area contributed by atoms with Gasteiger partial charge in [0, 0.05) is 42.3 Å². The molecule has 9 atom stereocenters. The number of aryl methyl sites for hydroxylation is 2. The van der Waals surface area contributed by atoms with E-state index in [2.05, 4.69) is 44.9 Å². The van der Waals surface area contributed by atoms with Crippen molar-refractivity contribution in [1.82, 2.24) is 36.6 Å². The number of ether oxygens (including phenoxy) is 1. The molecule has 3 aliphatic carbocycles. The number of hydrogen-bond donors (Lipinski definition) is 5. The zero-order chi connectivity index (χ0) is 55.7. The first-order valence-corrected chi connectivity index (χ1v) is 28.4. The van der Waals surface area contributed by atoms with Crippen LogP contribution in [0, 0.1) is 29.1 Å². The van der Waals surface area contributed by atoms with Crippen molar-refractivity contribution < 1.29 is 38.3 Å². The fraction of sp³-hybridized carbons (Fsp3) is 0.508. The number of hydrazine groups is 1. The van der Waals surface area contributed by atoms with Gasteiger partial charge in [-0.25, -0.2) is 5.01 Å². The third-order valence-electron chi connectivity index (χ3n) is 16.9. The van der Waals surface area contributed by atoms with Gasteiger partial charge in [-0.3, -0.25) is 39.0 Å². The highest BCUT2D eigenvalue weighted by molar-refractivity contribution is 5.96. The number of benzene rings is 4. The molecule has 0 radical (unpaired) electrons. The number of likely N-dealkylation sites (tertiary alicyclic amines) is 1. The van der Waals surface area contributed by atoms with Gasteiger partial charge in [-0.1, -0.05) is 114 Å². The molecular formula is C63H81N7O8. The summed E-state index contributed by atoms with van der Waals surface area (Å²) in [7, 11) is 1.71. The molecule has 4 aromatic rings. The molecule has 0 bridgehead atoms. The molecule has 1 saturated carbocycles. The Labute approximate surface area is 460 Å². The number of amides is 6. The van der Waals surface area contributed by atoms with Crippen LogP contribution in [0.4, 0.5) is 0 Å². The van der Waals surface area contributed by atoms with Gasteiger partial charge in [0.05, 0.1) is 30.6 Å². The van der Waals surface area contributed by atoms with Crippen LogP contribution in [0.25, 0.3) is 0 Å². The van der Waals surface area contributed by atoms with Gasteiger partial charge >= 0.3 is 0 Å².